The van der Waals surface area contributed by atoms with Crippen LogP contribution in [0.15, 0.2) is 21.5 Å². The first kappa shape index (κ1) is 14.4. The highest BCUT2D eigenvalue weighted by Crippen LogP contribution is 2.35. The van der Waals surface area contributed by atoms with E-state index in [9.17, 15) is 4.79 Å². The van der Waals surface area contributed by atoms with Crippen LogP contribution < -0.4 is 14.8 Å². The van der Waals surface area contributed by atoms with E-state index in [0.29, 0.717) is 20.7 Å². The van der Waals surface area contributed by atoms with Gasteiger partial charge in [-0.2, -0.15) is 0 Å². The number of halogens is 1. The summed E-state index contributed by atoms with van der Waals surface area (Å²) in [4.78, 5) is 12.2. The summed E-state index contributed by atoms with van der Waals surface area (Å²) in [6.07, 6.45) is 1.74. The maximum absolute atomic E-state index is 11.6. The van der Waals surface area contributed by atoms with Gasteiger partial charge in [0.15, 0.2) is 0 Å². The molecule has 4 nitrogen and oxygen atoms in total. The zero-order chi connectivity index (χ0) is 14.0. The Hall–Kier alpha value is -1.05. The molecule has 0 unspecified atom stereocenters. The van der Waals surface area contributed by atoms with Crippen LogP contribution in [-0.4, -0.2) is 24.4 Å². The molecule has 1 amide bonds. The summed E-state index contributed by atoms with van der Waals surface area (Å²) in [6.45, 7) is 0. The van der Waals surface area contributed by atoms with E-state index >= 15 is 0 Å². The van der Waals surface area contributed by atoms with Gasteiger partial charge in [-0.1, -0.05) is 24.0 Å². The number of thioether (sulfide) groups is 1. The first-order valence-electron chi connectivity index (χ1n) is 5.21. The molecular formula is C12H10BrNO3S2. The van der Waals surface area contributed by atoms with Gasteiger partial charge in [-0.25, -0.2) is 0 Å². The molecule has 0 atom stereocenters. The average molecular weight is 360 g/mol. The molecule has 2 rings (SSSR count). The highest BCUT2D eigenvalue weighted by molar-refractivity contribution is 9.10. The number of hydrogen-bond donors (Lipinski definition) is 1. The van der Waals surface area contributed by atoms with E-state index in [1.54, 1.807) is 26.4 Å². The standard InChI is InChI=1S/C12H10BrNO3S2/c1-16-8-5-9(17-2)7(13)3-6(8)4-10-11(15)14-12(18)19-10/h3-5H,1-2H3,(H,14,15,18)/b10-4-. The van der Waals surface area contributed by atoms with Crippen molar-refractivity contribution in [3.05, 3.63) is 27.1 Å². The molecule has 1 aliphatic rings. The van der Waals surface area contributed by atoms with Crippen LogP contribution in [0, 0.1) is 0 Å². The van der Waals surface area contributed by atoms with Crippen LogP contribution in [0.3, 0.4) is 0 Å². The highest BCUT2D eigenvalue weighted by atomic mass is 79.9. The van der Waals surface area contributed by atoms with E-state index < -0.39 is 0 Å². The molecule has 1 aromatic carbocycles. The van der Waals surface area contributed by atoms with Gasteiger partial charge in [0.25, 0.3) is 5.91 Å². The quantitative estimate of drug-likeness (QED) is 0.664. The number of benzene rings is 1. The summed E-state index contributed by atoms with van der Waals surface area (Å²) in [5.74, 6) is 1.10. The Morgan fingerprint density at radius 1 is 1.32 bits per heavy atom. The third-order valence-corrected chi connectivity index (χ3v) is 4.22. The maximum Gasteiger partial charge on any atom is 0.263 e. The van der Waals surface area contributed by atoms with Crippen molar-refractivity contribution in [1.82, 2.24) is 5.32 Å². The number of rotatable bonds is 3. The Bertz CT molecular complexity index is 587. The van der Waals surface area contributed by atoms with Gasteiger partial charge in [0.05, 0.1) is 23.6 Å². The molecule has 1 aromatic rings. The predicted molar refractivity (Wildman–Crippen MR) is 83.6 cm³/mol. The van der Waals surface area contributed by atoms with Crippen LogP contribution in [-0.2, 0) is 4.79 Å². The molecule has 19 heavy (non-hydrogen) atoms. The van der Waals surface area contributed by atoms with Crippen LogP contribution in [0.4, 0.5) is 0 Å². The zero-order valence-corrected chi connectivity index (χ0v) is 13.4. The van der Waals surface area contributed by atoms with Crippen molar-refractivity contribution >= 4 is 56.2 Å². The number of carbonyl (C=O) groups excluding carboxylic acids is 1. The summed E-state index contributed by atoms with van der Waals surface area (Å²) >= 11 is 9.58. The second-order valence-electron chi connectivity index (χ2n) is 3.58. The lowest BCUT2D eigenvalue weighted by Crippen LogP contribution is -2.17. The molecule has 1 fully saturated rings. The van der Waals surface area contributed by atoms with Crippen LogP contribution in [0.5, 0.6) is 11.5 Å². The van der Waals surface area contributed by atoms with E-state index in [0.717, 1.165) is 10.0 Å². The summed E-state index contributed by atoms with van der Waals surface area (Å²) in [5, 5.41) is 2.57. The van der Waals surface area contributed by atoms with Crippen molar-refractivity contribution in [2.75, 3.05) is 14.2 Å². The van der Waals surface area contributed by atoms with Crippen LogP contribution in [0.25, 0.3) is 6.08 Å². The zero-order valence-electron chi connectivity index (χ0n) is 10.2. The van der Waals surface area contributed by atoms with E-state index in [2.05, 4.69) is 21.2 Å². The third kappa shape index (κ3) is 3.10. The largest absolute Gasteiger partial charge is 0.496 e. The molecule has 0 spiro atoms. The van der Waals surface area contributed by atoms with Gasteiger partial charge in [-0.05, 0) is 28.1 Å². The predicted octanol–water partition coefficient (Wildman–Crippen LogP) is 2.96. The molecule has 0 radical (unpaired) electrons. The van der Waals surface area contributed by atoms with E-state index in [-0.39, 0.29) is 5.91 Å². The molecule has 0 aliphatic carbocycles. The molecule has 1 N–H and O–H groups in total. The number of ether oxygens (including phenoxy) is 2. The molecule has 1 heterocycles. The number of methoxy groups -OCH3 is 2. The monoisotopic (exact) mass is 359 g/mol. The van der Waals surface area contributed by atoms with E-state index in [1.807, 2.05) is 6.07 Å². The minimum Gasteiger partial charge on any atom is -0.496 e. The lowest BCUT2D eigenvalue weighted by molar-refractivity contribution is -0.115. The summed E-state index contributed by atoms with van der Waals surface area (Å²) in [6, 6.07) is 3.59. The molecule has 1 saturated heterocycles. The van der Waals surface area contributed by atoms with Crippen LogP contribution >= 0.6 is 39.9 Å². The van der Waals surface area contributed by atoms with Gasteiger partial charge in [0.1, 0.15) is 15.8 Å². The Kier molecular flexibility index (Phi) is 4.49. The van der Waals surface area contributed by atoms with Gasteiger partial charge >= 0.3 is 0 Å². The van der Waals surface area contributed by atoms with Crippen molar-refractivity contribution in [2.45, 2.75) is 0 Å². The van der Waals surface area contributed by atoms with Gasteiger partial charge in [-0.15, -0.1) is 0 Å². The van der Waals surface area contributed by atoms with Gasteiger partial charge < -0.3 is 14.8 Å². The van der Waals surface area contributed by atoms with Crippen molar-refractivity contribution in [1.29, 1.82) is 0 Å². The second kappa shape index (κ2) is 5.94. The average Bonchev–Trinajstić information content (AvgIpc) is 2.68. The third-order valence-electron chi connectivity index (χ3n) is 2.43. The van der Waals surface area contributed by atoms with Crippen LogP contribution in [0.2, 0.25) is 0 Å². The molecule has 1 aliphatic heterocycles. The van der Waals surface area contributed by atoms with Gasteiger partial charge in [0.2, 0.25) is 0 Å². The fourth-order valence-corrected chi connectivity index (χ4v) is 3.12. The molecular weight excluding hydrogens is 350 g/mol. The fourth-order valence-electron chi connectivity index (χ4n) is 1.56. The summed E-state index contributed by atoms with van der Waals surface area (Å²) in [7, 11) is 3.15. The summed E-state index contributed by atoms with van der Waals surface area (Å²) in [5.41, 5.74) is 0.775. The molecule has 100 valence electrons. The molecule has 0 saturated carbocycles. The Morgan fingerprint density at radius 2 is 2.00 bits per heavy atom. The minimum absolute atomic E-state index is 0.191. The Morgan fingerprint density at radius 3 is 2.53 bits per heavy atom. The maximum atomic E-state index is 11.6. The van der Waals surface area contributed by atoms with Gasteiger partial charge in [-0.3, -0.25) is 4.79 Å². The topological polar surface area (TPSA) is 47.6 Å². The van der Waals surface area contributed by atoms with Crippen molar-refractivity contribution in [3.8, 4) is 11.5 Å². The van der Waals surface area contributed by atoms with Crippen molar-refractivity contribution in [3.63, 3.8) is 0 Å². The Balaban J connectivity index is 2.45. The minimum atomic E-state index is -0.191. The number of carbonyl (C=O) groups is 1. The lowest BCUT2D eigenvalue weighted by atomic mass is 10.1. The number of nitrogens with one attached hydrogen (secondary N) is 1. The normalized spacial score (nSPS) is 16.7. The first-order valence-corrected chi connectivity index (χ1v) is 7.23. The number of amides is 1. The van der Waals surface area contributed by atoms with Crippen molar-refractivity contribution in [2.24, 2.45) is 0 Å². The smallest absolute Gasteiger partial charge is 0.263 e. The lowest BCUT2D eigenvalue weighted by Gasteiger charge is -2.10. The van der Waals surface area contributed by atoms with Gasteiger partial charge in [0, 0.05) is 11.6 Å². The number of hydrogen-bond acceptors (Lipinski definition) is 5. The van der Waals surface area contributed by atoms with Crippen molar-refractivity contribution < 1.29 is 14.3 Å². The highest BCUT2D eigenvalue weighted by Gasteiger charge is 2.22. The van der Waals surface area contributed by atoms with Crippen LogP contribution in [0.1, 0.15) is 5.56 Å². The number of thiocarbonyl (C=S) groups is 1. The van der Waals surface area contributed by atoms with E-state index in [4.69, 9.17) is 21.7 Å². The first-order chi connectivity index (χ1) is 9.05. The summed E-state index contributed by atoms with van der Waals surface area (Å²) < 4.78 is 11.7. The molecule has 7 heteroatoms. The SMILES string of the molecule is COc1cc(OC)c(/C=C2\SC(=S)NC2=O)cc1Br. The second-order valence-corrected chi connectivity index (χ2v) is 6.15. The Labute approximate surface area is 128 Å². The van der Waals surface area contributed by atoms with E-state index in [1.165, 1.54) is 11.8 Å². The molecule has 0 bridgehead atoms. The molecule has 0 aromatic heterocycles. The fraction of sp³-hybridized carbons (Fsp3) is 0.167.